The van der Waals surface area contributed by atoms with Gasteiger partial charge in [0, 0.05) is 83.7 Å². The van der Waals surface area contributed by atoms with Crippen LogP contribution in [0.3, 0.4) is 0 Å². The molecule has 326 valence electrons. The van der Waals surface area contributed by atoms with Crippen molar-refractivity contribution in [1.29, 1.82) is 0 Å². The minimum Gasteiger partial charge on any atom is -0.352 e. The molecule has 3 heterocycles. The molecule has 17 heteroatoms. The molecule has 3 N–H and O–H groups in total. The minimum atomic E-state index is -0.851. The van der Waals surface area contributed by atoms with E-state index in [1.165, 1.54) is 12.2 Å². The fourth-order valence-corrected chi connectivity index (χ4v) is 8.47. The van der Waals surface area contributed by atoms with Crippen molar-refractivity contribution >= 4 is 71.7 Å². The van der Waals surface area contributed by atoms with Crippen LogP contribution in [0.1, 0.15) is 74.9 Å². The maximum Gasteiger partial charge on any atom is 0.363 e. The van der Waals surface area contributed by atoms with Crippen molar-refractivity contribution in [1.82, 2.24) is 15.0 Å². The van der Waals surface area contributed by atoms with Gasteiger partial charge >= 0.3 is 5.97 Å². The minimum absolute atomic E-state index is 0.0512. The topological polar surface area (TPSA) is 173 Å². The zero-order chi connectivity index (χ0) is 44.3. The van der Waals surface area contributed by atoms with Crippen LogP contribution >= 0.6 is 36.1 Å². The Hall–Kier alpha value is -4.62. The molecule has 5 rings (SSSR count). The summed E-state index contributed by atoms with van der Waals surface area (Å²) < 4.78 is 29.0. The summed E-state index contributed by atoms with van der Waals surface area (Å²) in [5.74, 6) is -0.673. The molecule has 61 heavy (non-hydrogen) atoms. The van der Waals surface area contributed by atoms with E-state index in [-0.39, 0.29) is 30.5 Å². The van der Waals surface area contributed by atoms with Crippen LogP contribution in [-0.2, 0) is 29.5 Å². The van der Waals surface area contributed by atoms with E-state index in [0.29, 0.717) is 71.4 Å². The number of hydrogen-bond acceptors (Lipinski definition) is 15. The number of allylic oxidation sites excluding steroid dienone is 6. The van der Waals surface area contributed by atoms with Gasteiger partial charge < -0.3 is 28.3 Å². The van der Waals surface area contributed by atoms with Crippen LogP contribution in [0, 0.1) is 5.41 Å². The molecule has 14 nitrogen and oxygen atoms in total. The molecule has 0 aliphatic carbocycles. The monoisotopic (exact) mass is 891 g/mol. The summed E-state index contributed by atoms with van der Waals surface area (Å²) in [6.45, 7) is 9.20. The molecule has 2 aromatic carbocycles. The molecule has 0 radical (unpaired) electrons. The van der Waals surface area contributed by atoms with Crippen LogP contribution in [0.5, 0.6) is 0 Å². The van der Waals surface area contributed by atoms with Crippen LogP contribution < -0.4 is 4.90 Å². The third-order valence-electron chi connectivity index (χ3n) is 11.0. The van der Waals surface area contributed by atoms with E-state index < -0.39 is 22.7 Å². The highest BCUT2D eigenvalue weighted by Gasteiger charge is 2.46. The molecule has 0 fully saturated rings. The van der Waals surface area contributed by atoms with Crippen LogP contribution in [-0.4, -0.2) is 104 Å². The summed E-state index contributed by atoms with van der Waals surface area (Å²) >= 11 is 2.22. The van der Waals surface area contributed by atoms with Crippen LogP contribution in [0.25, 0.3) is 0 Å². The average Bonchev–Trinajstić information content (AvgIpc) is 3.66. The third-order valence-corrected chi connectivity index (χ3v) is 12.4. The number of anilines is 1. The Kier molecular flexibility index (Phi) is 16.7. The second kappa shape index (κ2) is 21.4. The third kappa shape index (κ3) is 10.4. The Balaban J connectivity index is 1.49. The summed E-state index contributed by atoms with van der Waals surface area (Å²) in [6.07, 6.45) is 15.3. The van der Waals surface area contributed by atoms with Gasteiger partial charge in [-0.3, -0.25) is 24.2 Å². The quantitative estimate of drug-likeness (QED) is 0.0404. The van der Waals surface area contributed by atoms with Gasteiger partial charge in [0.1, 0.15) is 6.17 Å². The van der Waals surface area contributed by atoms with Crippen LogP contribution in [0.2, 0.25) is 0 Å². The lowest BCUT2D eigenvalue weighted by Crippen LogP contribution is -2.38. The first kappa shape index (κ1) is 47.4. The summed E-state index contributed by atoms with van der Waals surface area (Å²) in [5, 5.41) is 1.61. The lowest BCUT2D eigenvalue weighted by molar-refractivity contribution is -0.171. The highest BCUT2D eigenvalue weighted by molar-refractivity contribution is 7.94. The van der Waals surface area contributed by atoms with E-state index in [0.717, 1.165) is 57.9 Å². The summed E-state index contributed by atoms with van der Waals surface area (Å²) in [7, 11) is 3.01. The largest absolute Gasteiger partial charge is 0.363 e. The Morgan fingerprint density at radius 1 is 0.967 bits per heavy atom. The van der Waals surface area contributed by atoms with Crippen molar-refractivity contribution in [3.8, 4) is 0 Å². The summed E-state index contributed by atoms with van der Waals surface area (Å²) in [5.41, 5.74) is 4.76. The number of benzene rings is 2. The molecule has 0 bridgehead atoms. The van der Waals surface area contributed by atoms with Crippen molar-refractivity contribution < 1.29 is 42.5 Å². The fraction of sp³-hybridized carbons (Fsp3) is 0.386. The van der Waals surface area contributed by atoms with Gasteiger partial charge in [-0.2, -0.15) is 0 Å². The van der Waals surface area contributed by atoms with E-state index in [4.69, 9.17) is 14.7 Å². The van der Waals surface area contributed by atoms with E-state index in [2.05, 4.69) is 25.7 Å². The Labute approximate surface area is 370 Å². The highest BCUT2D eigenvalue weighted by atomic mass is 32.2. The lowest BCUT2D eigenvalue weighted by atomic mass is 9.75. The van der Waals surface area contributed by atoms with Crippen molar-refractivity contribution in [3.05, 3.63) is 119 Å². The number of fused-ring (bicyclic) bond motifs is 2. The molecule has 0 spiro atoms. The van der Waals surface area contributed by atoms with Crippen molar-refractivity contribution in [2.45, 2.75) is 69.9 Å². The number of nitrogens with zero attached hydrogens (tertiary/aromatic N) is 5. The number of hydroxylamine groups is 4. The van der Waals surface area contributed by atoms with E-state index in [9.17, 15) is 32.8 Å². The number of aliphatic imine (C=N–C) groups is 1. The number of imide groups is 1. The first-order chi connectivity index (χ1) is 29.3. The zero-order valence-corrected chi connectivity index (χ0v) is 37.6. The number of carbonyl (C=O) groups is 4. The van der Waals surface area contributed by atoms with Gasteiger partial charge in [-0.05, 0) is 116 Å². The molecule has 0 aromatic heterocycles. The van der Waals surface area contributed by atoms with Crippen LogP contribution in [0.4, 0.5) is 5.69 Å². The number of rotatable bonds is 19. The number of carbonyl (C=O) groups excluding carboxylic acids is 4. The predicted octanol–water partition coefficient (Wildman–Crippen LogP) is 8.38. The lowest BCUT2D eigenvalue weighted by Gasteiger charge is -2.34. The number of hydrogen-bond donors (Lipinski definition) is 3. The first-order valence-corrected chi connectivity index (χ1v) is 22.5. The maximum absolute atomic E-state index is 13.2. The molecule has 0 saturated heterocycles. The molecular formula is C44H53N5O9S3. The molecule has 2 aromatic rings. The molecule has 2 unspecified atom stereocenters. The van der Waals surface area contributed by atoms with E-state index in [1.54, 1.807) is 26.1 Å². The maximum atomic E-state index is 13.2. The fourth-order valence-electron chi connectivity index (χ4n) is 7.65. The highest BCUT2D eigenvalue weighted by Crippen LogP contribution is 2.53. The van der Waals surface area contributed by atoms with Gasteiger partial charge in [-0.25, -0.2) is 9.86 Å². The second-order valence-electron chi connectivity index (χ2n) is 15.2. The van der Waals surface area contributed by atoms with Crippen molar-refractivity contribution in [2.24, 2.45) is 10.4 Å². The second-order valence-corrected chi connectivity index (χ2v) is 17.2. The Morgan fingerprint density at radius 3 is 2.31 bits per heavy atom. The Bertz CT molecular complexity index is 2140. The average molecular weight is 892 g/mol. The standard InChI is InChI=1S/C44H53N5O9S3/c1-7-13-39(51)49(29-50)58-42(53)30-16-18-32(19-17-30)44(4)34-27-33(61-56)20-21-36(34)48(23-12-25-60-55)38(44)15-10-8-9-14-37-43(2,3)35-26-31(41(52)46(5)57-6)28-47(40(35)45-37)22-11-24-59-54/h8-10,14-21,26-29,40,54-56H,7,11-13,22-25H2,1-6H3/b10-8+,14-9+,38-15+. The Morgan fingerprint density at radius 2 is 1.67 bits per heavy atom. The van der Waals surface area contributed by atoms with Gasteiger partial charge in [0.25, 0.3) is 18.2 Å². The van der Waals surface area contributed by atoms with Gasteiger partial charge in [0.05, 0.1) is 23.7 Å². The molecule has 3 amide bonds. The van der Waals surface area contributed by atoms with Gasteiger partial charge in [0.2, 0.25) is 0 Å². The van der Waals surface area contributed by atoms with Crippen LogP contribution in [0.15, 0.2) is 112 Å². The van der Waals surface area contributed by atoms with Gasteiger partial charge in [-0.15, -0.1) is 5.06 Å². The van der Waals surface area contributed by atoms with Gasteiger partial charge in [-0.1, -0.05) is 51.1 Å². The molecule has 0 saturated carbocycles. The first-order valence-electron chi connectivity index (χ1n) is 19.8. The molecule has 3 aliphatic heterocycles. The zero-order valence-electron chi connectivity index (χ0n) is 35.1. The number of amides is 3. The van der Waals surface area contributed by atoms with E-state index >= 15 is 0 Å². The smallest absolute Gasteiger partial charge is 0.352 e. The van der Waals surface area contributed by atoms with Crippen molar-refractivity contribution in [3.63, 3.8) is 0 Å². The SMILES string of the molecule is CCCC(=O)N(C=O)OC(=O)c1ccc(C2(C)\C(=C/C=C/C=C/C3=NC4C(=CC(C(=O)N(C)OC)=CN4CCCSO)C3(C)C)N(CCCSO)c3ccc(SO)cc32)cc1. The van der Waals surface area contributed by atoms with E-state index in [1.807, 2.05) is 77.9 Å². The normalized spacial score (nSPS) is 19.8. The molecule has 2 atom stereocenters. The number of likely N-dealkylation sites (N-methyl/N-ethyl adjacent to an activating group) is 1. The summed E-state index contributed by atoms with van der Waals surface area (Å²) in [6, 6.07) is 12.6. The summed E-state index contributed by atoms with van der Waals surface area (Å²) in [4.78, 5) is 70.3. The molecular weight excluding hydrogens is 839 g/mol. The molecule has 3 aliphatic rings. The predicted molar refractivity (Wildman–Crippen MR) is 242 cm³/mol. The van der Waals surface area contributed by atoms with Gasteiger partial charge in [0.15, 0.2) is 0 Å². The van der Waals surface area contributed by atoms with Crippen molar-refractivity contribution in [2.75, 3.05) is 43.7 Å².